The minimum Gasteiger partial charge on any atom is -0.508 e. The van der Waals surface area contributed by atoms with Crippen molar-refractivity contribution in [3.8, 4) is 5.75 Å². The summed E-state index contributed by atoms with van der Waals surface area (Å²) in [6, 6.07) is 12.2. The summed E-state index contributed by atoms with van der Waals surface area (Å²) in [6.07, 6.45) is 2.88. The molecule has 0 unspecified atom stereocenters. The van der Waals surface area contributed by atoms with Gasteiger partial charge >= 0.3 is 5.97 Å². The Kier molecular flexibility index (Phi) is 7.59. The Morgan fingerprint density at radius 3 is 2.44 bits per heavy atom. The Bertz CT molecular complexity index is 1150. The van der Waals surface area contributed by atoms with E-state index in [9.17, 15) is 19.5 Å². The van der Waals surface area contributed by atoms with Gasteiger partial charge in [-0.1, -0.05) is 50.1 Å². The van der Waals surface area contributed by atoms with Crippen LogP contribution in [0.25, 0.3) is 10.8 Å². The van der Waals surface area contributed by atoms with Crippen molar-refractivity contribution in [1.29, 1.82) is 0 Å². The number of hydrogen-bond acceptors (Lipinski definition) is 6. The number of aromatic nitrogens is 2. The fourth-order valence-corrected chi connectivity index (χ4v) is 3.50. The van der Waals surface area contributed by atoms with Gasteiger partial charge in [-0.15, -0.1) is 0 Å². The number of ether oxygens (including phenoxy) is 1. The zero-order chi connectivity index (χ0) is 23.1. The van der Waals surface area contributed by atoms with Crippen LogP contribution in [0.5, 0.6) is 5.75 Å². The lowest BCUT2D eigenvalue weighted by Gasteiger charge is -2.17. The van der Waals surface area contributed by atoms with E-state index in [2.05, 4.69) is 17.3 Å². The number of methoxy groups -OCH3 is 1. The molecule has 0 aliphatic rings. The van der Waals surface area contributed by atoms with Gasteiger partial charge in [-0.2, -0.15) is 5.10 Å². The summed E-state index contributed by atoms with van der Waals surface area (Å²) >= 11 is 0. The highest BCUT2D eigenvalue weighted by atomic mass is 16.5. The minimum atomic E-state index is -0.960. The summed E-state index contributed by atoms with van der Waals surface area (Å²) in [5, 5.41) is 17.3. The number of aryl methyl sites for hydroxylation is 1. The smallest absolute Gasteiger partial charge is 0.328 e. The number of hydrogen-bond donors (Lipinski definition) is 2. The summed E-state index contributed by atoms with van der Waals surface area (Å²) in [5.74, 6) is -1.07. The van der Waals surface area contributed by atoms with Crippen molar-refractivity contribution in [2.45, 2.75) is 45.2 Å². The molecule has 168 valence electrons. The Labute approximate surface area is 185 Å². The molecule has 2 N–H and O–H groups in total. The summed E-state index contributed by atoms with van der Waals surface area (Å²) in [4.78, 5) is 38.4. The van der Waals surface area contributed by atoms with Crippen LogP contribution < -0.4 is 10.9 Å². The van der Waals surface area contributed by atoms with E-state index in [1.165, 1.54) is 23.9 Å². The Hall–Kier alpha value is -3.68. The molecule has 0 saturated carbocycles. The highest BCUT2D eigenvalue weighted by Crippen LogP contribution is 2.15. The first-order valence-electron chi connectivity index (χ1n) is 10.6. The molecule has 3 rings (SSSR count). The predicted molar refractivity (Wildman–Crippen MR) is 121 cm³/mol. The molecule has 2 aromatic carbocycles. The van der Waals surface area contributed by atoms with Crippen LogP contribution >= 0.6 is 0 Å². The second kappa shape index (κ2) is 10.6. The average Bonchev–Trinajstić information content (AvgIpc) is 2.81. The topological polar surface area (TPSA) is 111 Å². The third-order valence-corrected chi connectivity index (χ3v) is 5.22. The lowest BCUT2D eigenvalue weighted by Crippen LogP contribution is -2.44. The van der Waals surface area contributed by atoms with Gasteiger partial charge in [-0.05, 0) is 30.2 Å². The first-order chi connectivity index (χ1) is 15.4. The lowest BCUT2D eigenvalue weighted by molar-refractivity contribution is -0.142. The number of carbonyl (C=O) groups excluding carboxylic acids is 2. The third-order valence-electron chi connectivity index (χ3n) is 5.22. The van der Waals surface area contributed by atoms with Gasteiger partial charge in [0.25, 0.3) is 11.5 Å². The SMILES string of the molecule is CCCCCn1nc(C(=O)N[C@@H](Cc2ccc(O)cc2)C(=O)OC)c2ccccc2c1=O. The molecule has 8 nitrogen and oxygen atoms in total. The number of benzene rings is 2. The second-order valence-electron chi connectivity index (χ2n) is 7.55. The summed E-state index contributed by atoms with van der Waals surface area (Å²) in [6.45, 7) is 2.47. The molecular formula is C24H27N3O5. The lowest BCUT2D eigenvalue weighted by atomic mass is 10.0. The molecule has 32 heavy (non-hydrogen) atoms. The molecule has 1 amide bonds. The number of fused-ring (bicyclic) bond motifs is 1. The van der Waals surface area contributed by atoms with Crippen molar-refractivity contribution in [3.63, 3.8) is 0 Å². The molecule has 0 aliphatic carbocycles. The normalized spacial score (nSPS) is 11.8. The van der Waals surface area contributed by atoms with E-state index in [1.807, 2.05) is 0 Å². The number of nitrogens with zero attached hydrogens (tertiary/aromatic N) is 2. The largest absolute Gasteiger partial charge is 0.508 e. The van der Waals surface area contributed by atoms with E-state index in [0.717, 1.165) is 24.8 Å². The van der Waals surface area contributed by atoms with Crippen molar-refractivity contribution in [2.75, 3.05) is 7.11 Å². The number of carbonyl (C=O) groups is 2. The van der Waals surface area contributed by atoms with Gasteiger partial charge in [0.1, 0.15) is 11.8 Å². The average molecular weight is 437 g/mol. The van der Waals surface area contributed by atoms with Crippen LogP contribution in [0.15, 0.2) is 53.3 Å². The standard InChI is InChI=1S/C24H27N3O5/c1-3-4-7-14-27-23(30)19-9-6-5-8-18(19)21(26-27)22(29)25-20(24(31)32-2)15-16-10-12-17(28)13-11-16/h5-6,8-13,20,28H,3-4,7,14-15H2,1-2H3,(H,25,29)/t20-/m0/s1. The van der Waals surface area contributed by atoms with Gasteiger partial charge in [0.15, 0.2) is 5.69 Å². The predicted octanol–water partition coefficient (Wildman–Crippen LogP) is 2.81. The monoisotopic (exact) mass is 437 g/mol. The van der Waals surface area contributed by atoms with Crippen LogP contribution in [0.3, 0.4) is 0 Å². The molecule has 8 heteroatoms. The number of rotatable bonds is 9. The highest BCUT2D eigenvalue weighted by molar-refractivity contribution is 6.05. The molecule has 0 radical (unpaired) electrons. The number of phenols is 1. The summed E-state index contributed by atoms with van der Waals surface area (Å²) in [5.41, 5.74) is 0.569. The summed E-state index contributed by atoms with van der Waals surface area (Å²) < 4.78 is 6.18. The van der Waals surface area contributed by atoms with Gasteiger partial charge in [0, 0.05) is 18.4 Å². The summed E-state index contributed by atoms with van der Waals surface area (Å²) in [7, 11) is 1.25. The maximum absolute atomic E-state index is 13.2. The maximum atomic E-state index is 13.2. The first kappa shape index (κ1) is 23.0. The van der Waals surface area contributed by atoms with Crippen LogP contribution in [0.4, 0.5) is 0 Å². The fourth-order valence-electron chi connectivity index (χ4n) is 3.50. The maximum Gasteiger partial charge on any atom is 0.328 e. The molecule has 0 fully saturated rings. The number of amides is 1. The zero-order valence-corrected chi connectivity index (χ0v) is 18.2. The van der Waals surface area contributed by atoms with E-state index in [-0.39, 0.29) is 23.4 Å². The number of unbranched alkanes of at least 4 members (excludes halogenated alkanes) is 2. The zero-order valence-electron chi connectivity index (χ0n) is 18.2. The number of esters is 1. The van der Waals surface area contributed by atoms with E-state index in [4.69, 9.17) is 4.74 Å². The van der Waals surface area contributed by atoms with Crippen LogP contribution in [0.1, 0.15) is 42.2 Å². The van der Waals surface area contributed by atoms with Crippen LogP contribution in [0, 0.1) is 0 Å². The van der Waals surface area contributed by atoms with E-state index in [1.54, 1.807) is 36.4 Å². The number of nitrogens with one attached hydrogen (secondary N) is 1. The van der Waals surface area contributed by atoms with Gasteiger partial charge in [-0.25, -0.2) is 9.48 Å². The minimum absolute atomic E-state index is 0.0799. The van der Waals surface area contributed by atoms with Crippen molar-refractivity contribution in [2.24, 2.45) is 0 Å². The van der Waals surface area contributed by atoms with Crippen LogP contribution in [-0.2, 0) is 22.5 Å². The number of phenolic OH excluding ortho intramolecular Hbond substituents is 1. The van der Waals surface area contributed by atoms with Crippen molar-refractivity contribution < 1.29 is 19.4 Å². The molecule has 0 bridgehead atoms. The molecule has 0 saturated heterocycles. The molecule has 1 heterocycles. The van der Waals surface area contributed by atoms with Crippen molar-refractivity contribution in [3.05, 3.63) is 70.1 Å². The van der Waals surface area contributed by atoms with E-state index < -0.39 is 17.9 Å². The first-order valence-corrected chi connectivity index (χ1v) is 10.6. The molecule has 1 atom stereocenters. The Morgan fingerprint density at radius 1 is 1.09 bits per heavy atom. The van der Waals surface area contributed by atoms with Crippen LogP contribution in [0.2, 0.25) is 0 Å². The Balaban J connectivity index is 1.93. The van der Waals surface area contributed by atoms with Crippen LogP contribution in [-0.4, -0.2) is 39.9 Å². The van der Waals surface area contributed by atoms with E-state index in [0.29, 0.717) is 17.3 Å². The molecule has 0 spiro atoms. The number of aromatic hydroxyl groups is 1. The Morgan fingerprint density at radius 2 is 1.78 bits per heavy atom. The molecule has 0 aliphatic heterocycles. The van der Waals surface area contributed by atoms with Gasteiger partial charge in [0.2, 0.25) is 0 Å². The third kappa shape index (κ3) is 5.32. The molecular weight excluding hydrogens is 410 g/mol. The fraction of sp³-hybridized carbons (Fsp3) is 0.333. The highest BCUT2D eigenvalue weighted by Gasteiger charge is 2.25. The van der Waals surface area contributed by atoms with Gasteiger partial charge in [-0.3, -0.25) is 9.59 Å². The van der Waals surface area contributed by atoms with Gasteiger partial charge in [0.05, 0.1) is 12.5 Å². The molecule has 1 aromatic heterocycles. The second-order valence-corrected chi connectivity index (χ2v) is 7.55. The van der Waals surface area contributed by atoms with Crippen molar-refractivity contribution in [1.82, 2.24) is 15.1 Å². The van der Waals surface area contributed by atoms with Crippen molar-refractivity contribution >= 4 is 22.6 Å². The molecule has 3 aromatic rings. The van der Waals surface area contributed by atoms with E-state index >= 15 is 0 Å². The van der Waals surface area contributed by atoms with Gasteiger partial charge < -0.3 is 15.2 Å². The quantitative estimate of drug-likeness (QED) is 0.393.